The highest BCUT2D eigenvalue weighted by atomic mass is 32.2. The lowest BCUT2D eigenvalue weighted by atomic mass is 10.1. The summed E-state index contributed by atoms with van der Waals surface area (Å²) in [5, 5.41) is 19.0. The molecule has 1 heterocycles. The summed E-state index contributed by atoms with van der Waals surface area (Å²) in [6.45, 7) is 3.66. The SMILES string of the molecule is CCC1CCSc2ccccc2N1C(=O)CCNCCc1ccc(OC)c(OC)c1.O=C(O)/C=C/C(=O)O. The maximum absolute atomic E-state index is 13.1. The Kier molecular flexibility index (Phi) is 13.2. The minimum Gasteiger partial charge on any atom is -0.493 e. The Morgan fingerprint density at radius 1 is 1.03 bits per heavy atom. The molecule has 10 heteroatoms. The molecule has 9 nitrogen and oxygen atoms in total. The molecule has 0 saturated heterocycles. The predicted octanol–water partition coefficient (Wildman–Crippen LogP) is 4.25. The molecule has 1 aliphatic rings. The standard InChI is InChI=1S/C24H32N2O3S.C4H4O4/c1-4-19-13-16-30-23-8-6-5-7-20(23)26(19)24(27)12-15-25-14-11-18-9-10-21(28-2)22(17-18)29-3;5-3(6)1-2-4(7)8/h5-10,17,19,25H,4,11-16H2,1-3H3;1-2H,(H,5,6)(H,7,8)/b;2-1+. The molecule has 0 aliphatic carbocycles. The number of para-hydroxylation sites is 1. The number of nitrogens with one attached hydrogen (secondary N) is 1. The van der Waals surface area contributed by atoms with E-state index in [0.717, 1.165) is 48.7 Å². The van der Waals surface area contributed by atoms with Gasteiger partial charge >= 0.3 is 11.9 Å². The van der Waals surface area contributed by atoms with Gasteiger partial charge in [0.05, 0.1) is 19.9 Å². The molecule has 3 rings (SSSR count). The number of carbonyl (C=O) groups is 3. The van der Waals surface area contributed by atoms with Crippen molar-refractivity contribution in [2.45, 2.75) is 43.5 Å². The van der Waals surface area contributed by atoms with E-state index in [0.29, 0.717) is 25.1 Å². The van der Waals surface area contributed by atoms with Gasteiger partial charge < -0.3 is 29.9 Å². The summed E-state index contributed by atoms with van der Waals surface area (Å²) < 4.78 is 10.7. The molecule has 2 aromatic carbocycles. The molecule has 0 fully saturated rings. The summed E-state index contributed by atoms with van der Waals surface area (Å²) in [4.78, 5) is 35.5. The Hall–Kier alpha value is -3.50. The van der Waals surface area contributed by atoms with Crippen LogP contribution in [0.15, 0.2) is 59.5 Å². The minimum absolute atomic E-state index is 0.204. The van der Waals surface area contributed by atoms with E-state index in [4.69, 9.17) is 19.7 Å². The van der Waals surface area contributed by atoms with Gasteiger partial charge in [0.15, 0.2) is 11.5 Å². The van der Waals surface area contributed by atoms with Gasteiger partial charge in [0.2, 0.25) is 5.91 Å². The van der Waals surface area contributed by atoms with E-state index in [9.17, 15) is 14.4 Å². The third-order valence-corrected chi connectivity index (χ3v) is 6.96. The summed E-state index contributed by atoms with van der Waals surface area (Å²) in [5.74, 6) is 0.230. The zero-order valence-electron chi connectivity index (χ0n) is 22.0. The third kappa shape index (κ3) is 9.75. The Morgan fingerprint density at radius 3 is 2.34 bits per heavy atom. The second-order valence-electron chi connectivity index (χ2n) is 8.38. The fraction of sp³-hybridized carbons (Fsp3) is 0.393. The molecule has 2 aromatic rings. The van der Waals surface area contributed by atoms with Crippen molar-refractivity contribution in [2.24, 2.45) is 0 Å². The number of aliphatic carboxylic acids is 2. The Morgan fingerprint density at radius 2 is 1.71 bits per heavy atom. The van der Waals surface area contributed by atoms with Gasteiger partial charge in [-0.1, -0.05) is 25.1 Å². The molecule has 38 heavy (non-hydrogen) atoms. The number of benzene rings is 2. The molecule has 1 amide bonds. The van der Waals surface area contributed by atoms with Crippen LogP contribution in [0.25, 0.3) is 0 Å². The van der Waals surface area contributed by atoms with Gasteiger partial charge in [-0.15, -0.1) is 11.8 Å². The fourth-order valence-electron chi connectivity index (χ4n) is 3.99. The van der Waals surface area contributed by atoms with E-state index >= 15 is 0 Å². The first-order valence-corrected chi connectivity index (χ1v) is 13.4. The third-order valence-electron chi connectivity index (χ3n) is 5.86. The van der Waals surface area contributed by atoms with Crippen LogP contribution in [0.2, 0.25) is 0 Å². The van der Waals surface area contributed by atoms with E-state index in [-0.39, 0.29) is 11.9 Å². The maximum atomic E-state index is 13.1. The summed E-state index contributed by atoms with van der Waals surface area (Å²) in [6.07, 6.45) is 4.50. The molecule has 1 aliphatic heterocycles. The average molecular weight is 545 g/mol. The van der Waals surface area contributed by atoms with Gasteiger partial charge in [0, 0.05) is 41.8 Å². The van der Waals surface area contributed by atoms with Crippen LogP contribution < -0.4 is 19.7 Å². The quantitative estimate of drug-likeness (QED) is 0.281. The van der Waals surface area contributed by atoms with Crippen molar-refractivity contribution < 1.29 is 34.1 Å². The number of methoxy groups -OCH3 is 2. The molecule has 0 saturated carbocycles. The van der Waals surface area contributed by atoms with Gasteiger partial charge in [0.25, 0.3) is 0 Å². The molecular weight excluding hydrogens is 508 g/mol. The number of thioether (sulfide) groups is 1. The van der Waals surface area contributed by atoms with Gasteiger partial charge in [-0.25, -0.2) is 9.59 Å². The van der Waals surface area contributed by atoms with E-state index in [1.165, 1.54) is 10.5 Å². The van der Waals surface area contributed by atoms with E-state index in [2.05, 4.69) is 30.4 Å². The molecule has 0 bridgehead atoms. The van der Waals surface area contributed by atoms with Crippen molar-refractivity contribution in [1.29, 1.82) is 0 Å². The number of nitrogens with zero attached hydrogens (tertiary/aromatic N) is 1. The molecule has 3 N–H and O–H groups in total. The Labute approximate surface area is 227 Å². The number of fused-ring (bicyclic) bond motifs is 1. The lowest BCUT2D eigenvalue weighted by Crippen LogP contribution is -2.41. The first-order chi connectivity index (χ1) is 18.3. The first-order valence-electron chi connectivity index (χ1n) is 12.4. The number of carboxylic acid groups (broad SMARTS) is 2. The number of carbonyl (C=O) groups excluding carboxylic acids is 1. The monoisotopic (exact) mass is 544 g/mol. The fourth-order valence-corrected chi connectivity index (χ4v) is 5.08. The predicted molar refractivity (Wildman–Crippen MR) is 148 cm³/mol. The highest BCUT2D eigenvalue weighted by Crippen LogP contribution is 2.37. The topological polar surface area (TPSA) is 125 Å². The number of hydrogen-bond acceptors (Lipinski definition) is 7. The van der Waals surface area contributed by atoms with Gasteiger partial charge in [0.1, 0.15) is 0 Å². The molecule has 1 atom stereocenters. The second kappa shape index (κ2) is 16.4. The zero-order chi connectivity index (χ0) is 27.9. The van der Waals surface area contributed by atoms with Crippen LogP contribution in [0, 0.1) is 0 Å². The minimum atomic E-state index is -1.26. The van der Waals surface area contributed by atoms with Crippen LogP contribution in [0.3, 0.4) is 0 Å². The number of amides is 1. The van der Waals surface area contributed by atoms with Crippen molar-refractivity contribution in [1.82, 2.24) is 5.32 Å². The molecule has 0 radical (unpaired) electrons. The van der Waals surface area contributed by atoms with E-state index in [1.807, 2.05) is 40.9 Å². The highest BCUT2D eigenvalue weighted by Gasteiger charge is 2.28. The Bertz CT molecular complexity index is 1090. The maximum Gasteiger partial charge on any atom is 0.328 e. The molecule has 206 valence electrons. The van der Waals surface area contributed by atoms with Gasteiger partial charge in [-0.05, 0) is 55.6 Å². The molecule has 0 spiro atoms. The van der Waals surface area contributed by atoms with Crippen molar-refractivity contribution in [3.63, 3.8) is 0 Å². The summed E-state index contributed by atoms with van der Waals surface area (Å²) in [7, 11) is 3.29. The van der Waals surface area contributed by atoms with Crippen molar-refractivity contribution in [3.05, 3.63) is 60.2 Å². The smallest absolute Gasteiger partial charge is 0.328 e. The highest BCUT2D eigenvalue weighted by molar-refractivity contribution is 7.99. The second-order valence-corrected chi connectivity index (χ2v) is 9.52. The van der Waals surface area contributed by atoms with Crippen LogP contribution in [-0.2, 0) is 20.8 Å². The molecular formula is C28H36N2O7S. The van der Waals surface area contributed by atoms with Crippen molar-refractivity contribution in [3.8, 4) is 11.5 Å². The molecule has 0 aromatic heterocycles. The largest absolute Gasteiger partial charge is 0.493 e. The Balaban J connectivity index is 0.000000550. The molecule has 1 unspecified atom stereocenters. The van der Waals surface area contributed by atoms with Crippen LogP contribution in [0.1, 0.15) is 31.7 Å². The van der Waals surface area contributed by atoms with Gasteiger partial charge in [-0.2, -0.15) is 0 Å². The lowest BCUT2D eigenvalue weighted by molar-refractivity contribution is -0.134. The summed E-state index contributed by atoms with van der Waals surface area (Å²) in [6, 6.07) is 14.5. The van der Waals surface area contributed by atoms with Gasteiger partial charge in [-0.3, -0.25) is 4.79 Å². The van der Waals surface area contributed by atoms with Crippen LogP contribution in [0.4, 0.5) is 5.69 Å². The number of carboxylic acids is 2. The lowest BCUT2D eigenvalue weighted by Gasteiger charge is -2.30. The van der Waals surface area contributed by atoms with Crippen molar-refractivity contribution >= 4 is 35.3 Å². The van der Waals surface area contributed by atoms with Crippen molar-refractivity contribution in [2.75, 3.05) is 38.0 Å². The van der Waals surface area contributed by atoms with E-state index in [1.54, 1.807) is 14.2 Å². The summed E-state index contributed by atoms with van der Waals surface area (Å²) >= 11 is 1.86. The number of hydrogen-bond donors (Lipinski definition) is 3. The zero-order valence-corrected chi connectivity index (χ0v) is 22.8. The van der Waals surface area contributed by atoms with E-state index < -0.39 is 11.9 Å². The number of ether oxygens (including phenoxy) is 2. The number of anilines is 1. The first kappa shape index (κ1) is 30.7. The van der Waals surface area contributed by atoms with Crippen LogP contribution in [0.5, 0.6) is 11.5 Å². The normalized spacial score (nSPS) is 14.6. The summed E-state index contributed by atoms with van der Waals surface area (Å²) in [5.41, 5.74) is 2.25. The average Bonchev–Trinajstić information content (AvgIpc) is 3.11. The van der Waals surface area contributed by atoms with Crippen LogP contribution >= 0.6 is 11.8 Å². The van der Waals surface area contributed by atoms with Crippen LogP contribution in [-0.4, -0.2) is 67.2 Å². The number of rotatable bonds is 11.